The van der Waals surface area contributed by atoms with Gasteiger partial charge in [-0.15, -0.1) is 0 Å². The molecule has 1 atom stereocenters. The quantitative estimate of drug-likeness (QED) is 0.789. The van der Waals surface area contributed by atoms with Gasteiger partial charge in [0, 0.05) is 6.04 Å². The van der Waals surface area contributed by atoms with Crippen molar-refractivity contribution in [2.24, 2.45) is 5.92 Å². The molecule has 2 nitrogen and oxygen atoms in total. The van der Waals surface area contributed by atoms with E-state index in [9.17, 15) is 5.11 Å². The van der Waals surface area contributed by atoms with Gasteiger partial charge in [0.05, 0.1) is 5.60 Å². The Kier molecular flexibility index (Phi) is 6.02. The SMILES string of the molecule is CC(C)Cc1cccc(C(C)(O)CCNC(C)C)c1. The third-order valence-corrected chi connectivity index (χ3v) is 3.36. The van der Waals surface area contributed by atoms with Crippen LogP contribution in [0.15, 0.2) is 24.3 Å². The molecular formula is C17H29NO. The highest BCUT2D eigenvalue weighted by Crippen LogP contribution is 2.25. The zero-order chi connectivity index (χ0) is 14.5. The van der Waals surface area contributed by atoms with Crippen LogP contribution in [0.2, 0.25) is 0 Å². The molecule has 0 saturated heterocycles. The maximum atomic E-state index is 10.6. The molecule has 0 aromatic heterocycles. The van der Waals surface area contributed by atoms with E-state index in [4.69, 9.17) is 0 Å². The Hall–Kier alpha value is -0.860. The van der Waals surface area contributed by atoms with Crippen LogP contribution in [0, 0.1) is 5.92 Å². The van der Waals surface area contributed by atoms with Crippen LogP contribution in [0.25, 0.3) is 0 Å². The van der Waals surface area contributed by atoms with Gasteiger partial charge in [-0.25, -0.2) is 0 Å². The normalized spacial score (nSPS) is 14.9. The van der Waals surface area contributed by atoms with E-state index < -0.39 is 5.60 Å². The number of rotatable bonds is 7. The fourth-order valence-electron chi connectivity index (χ4n) is 2.25. The number of hydrogen-bond acceptors (Lipinski definition) is 2. The van der Waals surface area contributed by atoms with Gasteiger partial charge in [0.15, 0.2) is 0 Å². The molecule has 0 heterocycles. The molecule has 1 rings (SSSR count). The topological polar surface area (TPSA) is 32.3 Å². The van der Waals surface area contributed by atoms with Crippen LogP contribution in [0.4, 0.5) is 0 Å². The van der Waals surface area contributed by atoms with Crippen molar-refractivity contribution in [3.63, 3.8) is 0 Å². The van der Waals surface area contributed by atoms with Gasteiger partial charge in [0.25, 0.3) is 0 Å². The van der Waals surface area contributed by atoms with Gasteiger partial charge in [0.2, 0.25) is 0 Å². The lowest BCUT2D eigenvalue weighted by atomic mass is 9.90. The van der Waals surface area contributed by atoms with E-state index in [1.54, 1.807) is 0 Å². The molecule has 19 heavy (non-hydrogen) atoms. The highest BCUT2D eigenvalue weighted by atomic mass is 16.3. The smallest absolute Gasteiger partial charge is 0.0880 e. The number of aliphatic hydroxyl groups is 1. The van der Waals surface area contributed by atoms with Gasteiger partial charge in [0.1, 0.15) is 0 Å². The second-order valence-corrected chi connectivity index (χ2v) is 6.43. The van der Waals surface area contributed by atoms with E-state index in [2.05, 4.69) is 51.2 Å². The lowest BCUT2D eigenvalue weighted by Crippen LogP contribution is -2.31. The average molecular weight is 263 g/mol. The fraction of sp³-hybridized carbons (Fsp3) is 0.647. The summed E-state index contributed by atoms with van der Waals surface area (Å²) in [6.45, 7) is 11.4. The standard InChI is InChI=1S/C17H29NO/c1-13(2)11-15-7-6-8-16(12-15)17(5,19)9-10-18-14(3)4/h6-8,12-14,18-19H,9-11H2,1-5H3. The molecule has 108 valence electrons. The molecule has 0 spiro atoms. The van der Waals surface area contributed by atoms with Crippen molar-refractivity contribution in [1.82, 2.24) is 5.32 Å². The summed E-state index contributed by atoms with van der Waals surface area (Å²) in [4.78, 5) is 0. The van der Waals surface area contributed by atoms with Crippen LogP contribution < -0.4 is 5.32 Å². The summed E-state index contributed by atoms with van der Waals surface area (Å²) in [5.74, 6) is 0.641. The highest BCUT2D eigenvalue weighted by molar-refractivity contribution is 5.28. The maximum absolute atomic E-state index is 10.6. The Morgan fingerprint density at radius 1 is 1.21 bits per heavy atom. The van der Waals surface area contributed by atoms with Crippen molar-refractivity contribution in [2.45, 2.75) is 59.1 Å². The minimum absolute atomic E-state index is 0.461. The van der Waals surface area contributed by atoms with E-state index >= 15 is 0 Å². The van der Waals surface area contributed by atoms with E-state index in [1.807, 2.05) is 13.0 Å². The van der Waals surface area contributed by atoms with Gasteiger partial charge in [-0.3, -0.25) is 0 Å². The second-order valence-electron chi connectivity index (χ2n) is 6.43. The first kappa shape index (κ1) is 16.2. The van der Waals surface area contributed by atoms with Crippen LogP contribution in [0.3, 0.4) is 0 Å². The molecule has 0 aliphatic rings. The Morgan fingerprint density at radius 2 is 1.89 bits per heavy atom. The molecule has 0 saturated carbocycles. The first-order valence-corrected chi connectivity index (χ1v) is 7.36. The highest BCUT2D eigenvalue weighted by Gasteiger charge is 2.22. The van der Waals surface area contributed by atoms with Crippen molar-refractivity contribution >= 4 is 0 Å². The molecule has 1 aromatic rings. The van der Waals surface area contributed by atoms with Crippen molar-refractivity contribution in [2.75, 3.05) is 6.54 Å². The minimum atomic E-state index is -0.755. The van der Waals surface area contributed by atoms with Gasteiger partial charge >= 0.3 is 0 Å². The fourth-order valence-corrected chi connectivity index (χ4v) is 2.25. The molecule has 0 amide bonds. The number of hydrogen-bond donors (Lipinski definition) is 2. The van der Waals surface area contributed by atoms with E-state index in [1.165, 1.54) is 5.56 Å². The lowest BCUT2D eigenvalue weighted by Gasteiger charge is -2.25. The monoisotopic (exact) mass is 263 g/mol. The van der Waals surface area contributed by atoms with E-state index in [-0.39, 0.29) is 0 Å². The predicted octanol–water partition coefficient (Wildman–Crippen LogP) is 3.48. The third kappa shape index (κ3) is 5.75. The van der Waals surface area contributed by atoms with Gasteiger partial charge in [-0.2, -0.15) is 0 Å². The lowest BCUT2D eigenvalue weighted by molar-refractivity contribution is 0.0474. The minimum Gasteiger partial charge on any atom is -0.385 e. The maximum Gasteiger partial charge on any atom is 0.0880 e. The average Bonchev–Trinajstić information content (AvgIpc) is 2.27. The molecule has 0 bridgehead atoms. The largest absolute Gasteiger partial charge is 0.385 e. The van der Waals surface area contributed by atoms with E-state index in [0.717, 1.165) is 24.9 Å². The van der Waals surface area contributed by atoms with Crippen LogP contribution in [0.1, 0.15) is 52.2 Å². The third-order valence-electron chi connectivity index (χ3n) is 3.36. The molecule has 0 aliphatic heterocycles. The molecular weight excluding hydrogens is 234 g/mol. The molecule has 0 radical (unpaired) electrons. The number of nitrogens with one attached hydrogen (secondary N) is 1. The Labute approximate surface area is 118 Å². The predicted molar refractivity (Wildman–Crippen MR) is 82.3 cm³/mol. The van der Waals surface area contributed by atoms with Crippen molar-refractivity contribution < 1.29 is 5.11 Å². The van der Waals surface area contributed by atoms with Crippen molar-refractivity contribution in [1.29, 1.82) is 0 Å². The molecule has 0 aliphatic carbocycles. The van der Waals surface area contributed by atoms with Crippen LogP contribution in [0.5, 0.6) is 0 Å². The first-order chi connectivity index (χ1) is 8.81. The summed E-state index contributed by atoms with van der Waals surface area (Å²) >= 11 is 0. The number of benzene rings is 1. The van der Waals surface area contributed by atoms with Crippen LogP contribution in [-0.2, 0) is 12.0 Å². The molecule has 2 heteroatoms. The summed E-state index contributed by atoms with van der Waals surface area (Å²) in [7, 11) is 0. The molecule has 0 fully saturated rings. The Bertz CT molecular complexity index is 383. The summed E-state index contributed by atoms with van der Waals surface area (Å²) in [5.41, 5.74) is 1.58. The molecule has 2 N–H and O–H groups in total. The van der Waals surface area contributed by atoms with E-state index in [0.29, 0.717) is 12.0 Å². The Balaban J connectivity index is 2.71. The van der Waals surface area contributed by atoms with Crippen LogP contribution >= 0.6 is 0 Å². The summed E-state index contributed by atoms with van der Waals surface area (Å²) in [6, 6.07) is 8.83. The Morgan fingerprint density at radius 3 is 2.47 bits per heavy atom. The van der Waals surface area contributed by atoms with Crippen molar-refractivity contribution in [3.05, 3.63) is 35.4 Å². The van der Waals surface area contributed by atoms with Crippen molar-refractivity contribution in [3.8, 4) is 0 Å². The molecule has 1 unspecified atom stereocenters. The van der Waals surface area contributed by atoms with Gasteiger partial charge in [-0.05, 0) is 43.4 Å². The zero-order valence-electron chi connectivity index (χ0n) is 13.0. The molecule has 1 aromatic carbocycles. The first-order valence-electron chi connectivity index (χ1n) is 7.36. The summed E-state index contributed by atoms with van der Waals surface area (Å²) in [5, 5.41) is 14.0. The van der Waals surface area contributed by atoms with Gasteiger partial charge in [-0.1, -0.05) is 52.0 Å². The summed E-state index contributed by atoms with van der Waals surface area (Å²) < 4.78 is 0. The van der Waals surface area contributed by atoms with Crippen LogP contribution in [-0.4, -0.2) is 17.7 Å². The summed E-state index contributed by atoms with van der Waals surface area (Å²) in [6.07, 6.45) is 1.80. The second kappa shape index (κ2) is 7.06. The van der Waals surface area contributed by atoms with Gasteiger partial charge < -0.3 is 10.4 Å². The zero-order valence-corrected chi connectivity index (χ0v) is 13.0.